The molecule has 0 radical (unpaired) electrons. The van der Waals surface area contributed by atoms with Crippen molar-refractivity contribution in [2.45, 2.75) is 43.7 Å². The Morgan fingerprint density at radius 2 is 1.60 bits per heavy atom. The molecule has 0 aliphatic carbocycles. The Morgan fingerprint density at radius 3 is 2.26 bits per heavy atom. The molecule has 2 amide bonds. The highest BCUT2D eigenvalue weighted by molar-refractivity contribution is 7.89. The average molecular weight is 497 g/mol. The van der Waals surface area contributed by atoms with E-state index in [1.807, 2.05) is 23.1 Å². The molecule has 0 unspecified atom stereocenters. The Balaban J connectivity index is 1.29. The number of rotatable bonds is 5. The molecule has 0 N–H and O–H groups in total. The number of hydrogen-bond donors (Lipinski definition) is 0. The van der Waals surface area contributed by atoms with Crippen LogP contribution in [0.4, 0.5) is 5.69 Å². The van der Waals surface area contributed by atoms with Crippen molar-refractivity contribution < 1.29 is 18.0 Å². The van der Waals surface area contributed by atoms with Gasteiger partial charge in [0.1, 0.15) is 6.04 Å². The fourth-order valence-corrected chi connectivity index (χ4v) is 7.00. The molecule has 0 saturated carbocycles. The Labute approximate surface area is 207 Å². The van der Waals surface area contributed by atoms with E-state index in [2.05, 4.69) is 17.0 Å². The van der Waals surface area contributed by atoms with Crippen LogP contribution < -0.4 is 4.90 Å². The topological polar surface area (TPSA) is 81.2 Å². The van der Waals surface area contributed by atoms with Crippen LogP contribution in [0.15, 0.2) is 53.4 Å². The normalized spacial score (nSPS) is 21.3. The summed E-state index contributed by atoms with van der Waals surface area (Å²) < 4.78 is 27.6. The summed E-state index contributed by atoms with van der Waals surface area (Å²) >= 11 is 0. The van der Waals surface area contributed by atoms with E-state index in [-0.39, 0.29) is 16.7 Å². The molecule has 3 heterocycles. The molecule has 1 atom stereocenters. The molecule has 2 aromatic carbocycles. The molecule has 186 valence electrons. The van der Waals surface area contributed by atoms with Crippen LogP contribution in [-0.4, -0.2) is 79.6 Å². The highest BCUT2D eigenvalue weighted by atomic mass is 32.2. The van der Waals surface area contributed by atoms with E-state index < -0.39 is 16.1 Å². The summed E-state index contributed by atoms with van der Waals surface area (Å²) in [5.41, 5.74) is 2.63. The number of hydrogen-bond acceptors (Lipinski definition) is 5. The molecule has 0 bridgehead atoms. The summed E-state index contributed by atoms with van der Waals surface area (Å²) in [4.78, 5) is 32.1. The minimum atomic E-state index is -3.56. The van der Waals surface area contributed by atoms with E-state index in [4.69, 9.17) is 0 Å². The SMILES string of the molecule is CC(=O)N1c2ccc(S(=O)(=O)N3CCCC3)cc2C[C@H]1C(=O)N1CCN(Cc2ccccc2)CC1. The van der Waals surface area contributed by atoms with Crippen LogP contribution in [0.5, 0.6) is 0 Å². The van der Waals surface area contributed by atoms with E-state index >= 15 is 0 Å². The number of amides is 2. The van der Waals surface area contributed by atoms with Crippen molar-refractivity contribution in [1.82, 2.24) is 14.1 Å². The van der Waals surface area contributed by atoms with Crippen molar-refractivity contribution in [3.05, 3.63) is 59.7 Å². The molecule has 3 aliphatic heterocycles. The van der Waals surface area contributed by atoms with Crippen molar-refractivity contribution in [2.75, 3.05) is 44.2 Å². The standard InChI is InChI=1S/C26H32N4O4S/c1-20(31)30-24-10-9-23(35(33,34)29-11-5-6-12-29)17-22(24)18-25(30)26(32)28-15-13-27(14-16-28)19-21-7-3-2-4-8-21/h2-4,7-10,17,25H,5-6,11-16,18-19H2,1H3/t25-/m0/s1. The van der Waals surface area contributed by atoms with Crippen LogP contribution >= 0.6 is 0 Å². The number of anilines is 1. The van der Waals surface area contributed by atoms with Crippen molar-refractivity contribution in [2.24, 2.45) is 0 Å². The van der Waals surface area contributed by atoms with Crippen LogP contribution in [0.2, 0.25) is 0 Å². The lowest BCUT2D eigenvalue weighted by Gasteiger charge is -2.37. The predicted octanol–water partition coefficient (Wildman–Crippen LogP) is 2.09. The molecule has 0 spiro atoms. The largest absolute Gasteiger partial charge is 0.338 e. The van der Waals surface area contributed by atoms with E-state index in [1.165, 1.54) is 16.8 Å². The predicted molar refractivity (Wildman–Crippen MR) is 133 cm³/mol. The molecular formula is C26H32N4O4S. The molecule has 2 fully saturated rings. The summed E-state index contributed by atoms with van der Waals surface area (Å²) in [6, 6.07) is 14.6. The maximum atomic E-state index is 13.5. The first kappa shape index (κ1) is 24.0. The lowest BCUT2D eigenvalue weighted by Crippen LogP contribution is -2.55. The summed E-state index contributed by atoms with van der Waals surface area (Å²) in [6.45, 7) is 6.16. The number of carbonyl (C=O) groups is 2. The highest BCUT2D eigenvalue weighted by Crippen LogP contribution is 2.36. The second kappa shape index (κ2) is 9.72. The lowest BCUT2D eigenvalue weighted by atomic mass is 10.1. The van der Waals surface area contributed by atoms with Crippen molar-refractivity contribution in [3.63, 3.8) is 0 Å². The minimum absolute atomic E-state index is 0.0697. The van der Waals surface area contributed by atoms with E-state index in [0.717, 1.165) is 38.0 Å². The number of benzene rings is 2. The Hall–Kier alpha value is -2.75. The molecule has 35 heavy (non-hydrogen) atoms. The van der Waals surface area contributed by atoms with Gasteiger partial charge in [-0.2, -0.15) is 4.31 Å². The Bertz CT molecular complexity index is 1200. The Kier molecular flexibility index (Phi) is 6.65. The van der Waals surface area contributed by atoms with Gasteiger partial charge >= 0.3 is 0 Å². The van der Waals surface area contributed by atoms with Gasteiger partial charge in [-0.05, 0) is 42.2 Å². The first-order valence-electron chi connectivity index (χ1n) is 12.3. The third-order valence-electron chi connectivity index (χ3n) is 7.30. The number of piperazine rings is 1. The monoisotopic (exact) mass is 496 g/mol. The molecule has 9 heteroatoms. The van der Waals surface area contributed by atoms with E-state index in [1.54, 1.807) is 23.1 Å². The molecule has 5 rings (SSSR count). The summed E-state index contributed by atoms with van der Waals surface area (Å²) in [5, 5.41) is 0. The maximum Gasteiger partial charge on any atom is 0.246 e. The zero-order valence-electron chi connectivity index (χ0n) is 20.1. The van der Waals surface area contributed by atoms with Gasteiger partial charge in [-0.3, -0.25) is 19.4 Å². The number of fused-ring (bicyclic) bond motifs is 1. The van der Waals surface area contributed by atoms with Gasteiger partial charge in [0.25, 0.3) is 0 Å². The summed E-state index contributed by atoms with van der Waals surface area (Å²) in [5.74, 6) is -0.278. The minimum Gasteiger partial charge on any atom is -0.338 e. The van der Waals surface area contributed by atoms with Crippen molar-refractivity contribution >= 4 is 27.5 Å². The number of sulfonamides is 1. The second-order valence-electron chi connectivity index (χ2n) is 9.60. The first-order valence-corrected chi connectivity index (χ1v) is 13.8. The van der Waals surface area contributed by atoms with Gasteiger partial charge in [-0.15, -0.1) is 0 Å². The van der Waals surface area contributed by atoms with Gasteiger partial charge < -0.3 is 4.90 Å². The molecule has 0 aromatic heterocycles. The van der Waals surface area contributed by atoms with Crippen LogP contribution in [0.25, 0.3) is 0 Å². The molecule has 2 saturated heterocycles. The van der Waals surface area contributed by atoms with Crippen molar-refractivity contribution in [3.8, 4) is 0 Å². The lowest BCUT2D eigenvalue weighted by molar-refractivity contribution is -0.135. The van der Waals surface area contributed by atoms with Crippen LogP contribution in [-0.2, 0) is 32.6 Å². The van der Waals surface area contributed by atoms with Gasteiger partial charge in [0, 0.05) is 64.8 Å². The van der Waals surface area contributed by atoms with Gasteiger partial charge in [0.15, 0.2) is 0 Å². The quantitative estimate of drug-likeness (QED) is 0.633. The van der Waals surface area contributed by atoms with E-state index in [9.17, 15) is 18.0 Å². The summed E-state index contributed by atoms with van der Waals surface area (Å²) in [6.07, 6.45) is 2.08. The maximum absolute atomic E-state index is 13.5. The molecule has 8 nitrogen and oxygen atoms in total. The van der Waals surface area contributed by atoms with Crippen LogP contribution in [0.3, 0.4) is 0 Å². The molecule has 2 aromatic rings. The third-order valence-corrected chi connectivity index (χ3v) is 9.19. The molecular weight excluding hydrogens is 464 g/mol. The average Bonchev–Trinajstić information content (AvgIpc) is 3.53. The zero-order valence-corrected chi connectivity index (χ0v) is 20.9. The van der Waals surface area contributed by atoms with Crippen LogP contribution in [0, 0.1) is 0 Å². The fraction of sp³-hybridized carbons (Fsp3) is 0.462. The third kappa shape index (κ3) is 4.72. The van der Waals surface area contributed by atoms with Gasteiger partial charge in [-0.25, -0.2) is 8.42 Å². The van der Waals surface area contributed by atoms with Gasteiger partial charge in [0.2, 0.25) is 21.8 Å². The zero-order chi connectivity index (χ0) is 24.6. The summed E-state index contributed by atoms with van der Waals surface area (Å²) in [7, 11) is -3.56. The van der Waals surface area contributed by atoms with E-state index in [0.29, 0.717) is 38.3 Å². The first-order chi connectivity index (χ1) is 16.8. The van der Waals surface area contributed by atoms with Gasteiger partial charge in [-0.1, -0.05) is 30.3 Å². The number of carbonyl (C=O) groups excluding carboxylic acids is 2. The van der Waals surface area contributed by atoms with Gasteiger partial charge in [0.05, 0.1) is 4.90 Å². The smallest absolute Gasteiger partial charge is 0.246 e. The molecule has 3 aliphatic rings. The second-order valence-corrected chi connectivity index (χ2v) is 11.5. The number of nitrogens with zero attached hydrogens (tertiary/aromatic N) is 4. The Morgan fingerprint density at radius 1 is 0.914 bits per heavy atom. The van der Waals surface area contributed by atoms with Crippen LogP contribution in [0.1, 0.15) is 30.9 Å². The highest BCUT2D eigenvalue weighted by Gasteiger charge is 2.40. The van der Waals surface area contributed by atoms with Crippen molar-refractivity contribution in [1.29, 1.82) is 0 Å². The fourth-order valence-electron chi connectivity index (χ4n) is 5.43.